The van der Waals surface area contributed by atoms with Gasteiger partial charge >= 0.3 is 0 Å². The number of para-hydroxylation sites is 1. The number of likely N-dealkylation sites (tertiary alicyclic amines) is 1. The van der Waals surface area contributed by atoms with Gasteiger partial charge in [-0.25, -0.2) is 0 Å². The van der Waals surface area contributed by atoms with Crippen molar-refractivity contribution in [1.82, 2.24) is 20.0 Å². The van der Waals surface area contributed by atoms with Gasteiger partial charge in [-0.3, -0.25) is 14.3 Å². The fourth-order valence-corrected chi connectivity index (χ4v) is 3.82. The smallest absolute Gasteiger partial charge is 0.255 e. The molecule has 2 amide bonds. The Labute approximate surface area is 178 Å². The molecule has 1 aromatic carbocycles. The molecule has 1 atom stereocenters. The van der Waals surface area contributed by atoms with Gasteiger partial charge in [0.1, 0.15) is 12.3 Å². The van der Waals surface area contributed by atoms with E-state index in [2.05, 4.69) is 10.4 Å². The monoisotopic (exact) mass is 412 g/mol. The molecule has 7 nitrogen and oxygen atoms in total. The van der Waals surface area contributed by atoms with Crippen LogP contribution in [0.5, 0.6) is 5.75 Å². The third-order valence-corrected chi connectivity index (χ3v) is 5.29. The maximum Gasteiger partial charge on any atom is 0.255 e. The van der Waals surface area contributed by atoms with Gasteiger partial charge in [0.05, 0.1) is 17.9 Å². The van der Waals surface area contributed by atoms with Crippen molar-refractivity contribution in [3.63, 3.8) is 0 Å². The summed E-state index contributed by atoms with van der Waals surface area (Å²) in [6.07, 6.45) is 1.95. The molecule has 162 valence electrons. The number of hydrogen-bond donors (Lipinski definition) is 1. The fourth-order valence-electron chi connectivity index (χ4n) is 3.82. The lowest BCUT2D eigenvalue weighted by Gasteiger charge is -2.33. The highest BCUT2D eigenvalue weighted by Gasteiger charge is 2.25. The molecule has 0 saturated carbocycles. The number of nitrogens with zero attached hydrogens (tertiary/aromatic N) is 3. The van der Waals surface area contributed by atoms with E-state index in [0.717, 1.165) is 30.8 Å². The Morgan fingerprint density at radius 2 is 2.03 bits per heavy atom. The molecule has 1 saturated heterocycles. The van der Waals surface area contributed by atoms with Crippen molar-refractivity contribution in [1.29, 1.82) is 0 Å². The molecule has 0 radical (unpaired) electrons. The van der Waals surface area contributed by atoms with Crippen LogP contribution in [0.15, 0.2) is 30.3 Å². The number of ether oxygens (including phenoxy) is 1. The minimum atomic E-state index is -0.133. The number of piperidine rings is 1. The molecule has 7 heteroatoms. The van der Waals surface area contributed by atoms with Crippen LogP contribution in [0, 0.1) is 19.8 Å². The third kappa shape index (κ3) is 5.62. The van der Waals surface area contributed by atoms with E-state index in [1.807, 2.05) is 56.9 Å². The minimum Gasteiger partial charge on any atom is -0.492 e. The van der Waals surface area contributed by atoms with Gasteiger partial charge in [-0.05, 0) is 58.7 Å². The molecule has 1 fully saturated rings. The predicted octanol–water partition coefficient (Wildman–Crippen LogP) is 2.96. The minimum absolute atomic E-state index is 0.0608. The Hall–Kier alpha value is -2.83. The topological polar surface area (TPSA) is 76.5 Å². The Morgan fingerprint density at radius 1 is 1.27 bits per heavy atom. The predicted molar refractivity (Wildman–Crippen MR) is 116 cm³/mol. The standard InChI is InChI=1S/C23H32N4O3/c1-16(2)24-23(29)20-9-5-6-10-21(20)30-15-19-8-7-11-26(13-19)22(28)14-27-18(4)12-17(3)25-27/h5-6,9-10,12,16,19H,7-8,11,13-15H2,1-4H3,(H,24,29). The third-order valence-electron chi connectivity index (χ3n) is 5.29. The van der Waals surface area contributed by atoms with Gasteiger partial charge in [-0.1, -0.05) is 12.1 Å². The number of benzene rings is 1. The molecule has 2 heterocycles. The second-order valence-corrected chi connectivity index (χ2v) is 8.37. The zero-order chi connectivity index (χ0) is 21.7. The van der Waals surface area contributed by atoms with Crippen LogP contribution in [-0.2, 0) is 11.3 Å². The first kappa shape index (κ1) is 21.9. The van der Waals surface area contributed by atoms with Gasteiger partial charge in [-0.15, -0.1) is 0 Å². The fraction of sp³-hybridized carbons (Fsp3) is 0.522. The maximum atomic E-state index is 12.8. The first-order valence-electron chi connectivity index (χ1n) is 10.6. The lowest BCUT2D eigenvalue weighted by Crippen LogP contribution is -2.43. The van der Waals surface area contributed by atoms with E-state index in [1.54, 1.807) is 10.7 Å². The SMILES string of the molecule is Cc1cc(C)n(CC(=O)N2CCCC(COc3ccccc3C(=O)NC(C)C)C2)n1. The van der Waals surface area contributed by atoms with E-state index < -0.39 is 0 Å². The summed E-state index contributed by atoms with van der Waals surface area (Å²) in [5.41, 5.74) is 2.46. The zero-order valence-electron chi connectivity index (χ0n) is 18.4. The van der Waals surface area contributed by atoms with Crippen molar-refractivity contribution in [2.75, 3.05) is 19.7 Å². The molecule has 0 bridgehead atoms. The molecule has 1 aliphatic rings. The highest BCUT2D eigenvalue weighted by atomic mass is 16.5. The largest absolute Gasteiger partial charge is 0.492 e. The molecular weight excluding hydrogens is 380 g/mol. The van der Waals surface area contributed by atoms with Crippen LogP contribution >= 0.6 is 0 Å². The van der Waals surface area contributed by atoms with Crippen molar-refractivity contribution < 1.29 is 14.3 Å². The number of nitrogens with one attached hydrogen (secondary N) is 1. The van der Waals surface area contributed by atoms with Crippen molar-refractivity contribution in [2.24, 2.45) is 5.92 Å². The highest BCUT2D eigenvalue weighted by molar-refractivity contribution is 5.97. The number of aromatic nitrogens is 2. The molecule has 1 N–H and O–H groups in total. The molecule has 0 aliphatic carbocycles. The van der Waals surface area contributed by atoms with E-state index in [-0.39, 0.29) is 30.3 Å². The van der Waals surface area contributed by atoms with Crippen molar-refractivity contribution >= 4 is 11.8 Å². The van der Waals surface area contributed by atoms with E-state index in [4.69, 9.17) is 4.74 Å². The van der Waals surface area contributed by atoms with Gasteiger partial charge in [0.15, 0.2) is 0 Å². The molecule has 1 aromatic heterocycles. The summed E-state index contributed by atoms with van der Waals surface area (Å²) < 4.78 is 7.80. The number of rotatable bonds is 7. The summed E-state index contributed by atoms with van der Waals surface area (Å²) in [5, 5.41) is 7.30. The van der Waals surface area contributed by atoms with Crippen LogP contribution in [0.3, 0.4) is 0 Å². The van der Waals surface area contributed by atoms with E-state index >= 15 is 0 Å². The number of carbonyl (C=O) groups is 2. The lowest BCUT2D eigenvalue weighted by molar-refractivity contribution is -0.134. The molecule has 2 aromatic rings. The van der Waals surface area contributed by atoms with Crippen LogP contribution in [0.25, 0.3) is 0 Å². The zero-order valence-corrected chi connectivity index (χ0v) is 18.4. The lowest BCUT2D eigenvalue weighted by atomic mass is 9.99. The second kappa shape index (κ2) is 9.78. The van der Waals surface area contributed by atoms with Gasteiger partial charge in [0.25, 0.3) is 5.91 Å². The average Bonchev–Trinajstić information content (AvgIpc) is 3.03. The number of carbonyl (C=O) groups excluding carboxylic acids is 2. The quantitative estimate of drug-likeness (QED) is 0.759. The van der Waals surface area contributed by atoms with Gasteiger partial charge in [0, 0.05) is 30.7 Å². The molecule has 0 spiro atoms. The Morgan fingerprint density at radius 3 is 2.73 bits per heavy atom. The first-order chi connectivity index (χ1) is 14.3. The normalized spacial score (nSPS) is 16.6. The summed E-state index contributed by atoms with van der Waals surface area (Å²) in [6.45, 7) is 9.94. The van der Waals surface area contributed by atoms with E-state index in [0.29, 0.717) is 24.5 Å². The van der Waals surface area contributed by atoms with E-state index in [9.17, 15) is 9.59 Å². The first-order valence-corrected chi connectivity index (χ1v) is 10.6. The molecule has 1 aliphatic heterocycles. The second-order valence-electron chi connectivity index (χ2n) is 8.37. The van der Waals surface area contributed by atoms with Crippen LogP contribution in [-0.4, -0.2) is 52.2 Å². The van der Waals surface area contributed by atoms with Crippen molar-refractivity contribution in [3.05, 3.63) is 47.3 Å². The number of amides is 2. The maximum absolute atomic E-state index is 12.8. The van der Waals surface area contributed by atoms with Crippen LogP contribution in [0.2, 0.25) is 0 Å². The Bertz CT molecular complexity index is 890. The molecule has 1 unspecified atom stereocenters. The van der Waals surface area contributed by atoms with Crippen LogP contribution < -0.4 is 10.1 Å². The number of hydrogen-bond acceptors (Lipinski definition) is 4. The summed E-state index contributed by atoms with van der Waals surface area (Å²) in [4.78, 5) is 27.1. The summed E-state index contributed by atoms with van der Waals surface area (Å²) >= 11 is 0. The van der Waals surface area contributed by atoms with Crippen molar-refractivity contribution in [2.45, 2.75) is 53.1 Å². The summed E-state index contributed by atoms with van der Waals surface area (Å²) in [7, 11) is 0. The van der Waals surface area contributed by atoms with Crippen LogP contribution in [0.4, 0.5) is 0 Å². The van der Waals surface area contributed by atoms with Crippen LogP contribution in [0.1, 0.15) is 48.4 Å². The Kier molecular flexibility index (Phi) is 7.13. The Balaban J connectivity index is 1.57. The van der Waals surface area contributed by atoms with Gasteiger partial charge in [-0.2, -0.15) is 5.10 Å². The highest BCUT2D eigenvalue weighted by Crippen LogP contribution is 2.22. The van der Waals surface area contributed by atoms with E-state index in [1.165, 1.54) is 0 Å². The summed E-state index contributed by atoms with van der Waals surface area (Å²) in [5.74, 6) is 0.777. The molecular formula is C23H32N4O3. The molecule has 3 rings (SSSR count). The average molecular weight is 413 g/mol. The molecule has 30 heavy (non-hydrogen) atoms. The van der Waals surface area contributed by atoms with Crippen molar-refractivity contribution in [3.8, 4) is 5.75 Å². The summed E-state index contributed by atoms with van der Waals surface area (Å²) in [6, 6.07) is 9.34. The number of aryl methyl sites for hydroxylation is 2. The van der Waals surface area contributed by atoms with Gasteiger partial charge in [0.2, 0.25) is 5.91 Å². The van der Waals surface area contributed by atoms with Gasteiger partial charge < -0.3 is 15.0 Å².